The zero-order valence-electron chi connectivity index (χ0n) is 11.6. The molecule has 1 aromatic carbocycles. The summed E-state index contributed by atoms with van der Waals surface area (Å²) in [5.41, 5.74) is 3.82. The van der Waals surface area contributed by atoms with E-state index in [0.29, 0.717) is 0 Å². The summed E-state index contributed by atoms with van der Waals surface area (Å²) in [4.78, 5) is 0. The number of hydrogen-bond acceptors (Lipinski definition) is 3. The van der Waals surface area contributed by atoms with E-state index in [1.165, 1.54) is 17.5 Å². The standard InChI is InChI=1S/C16H21N3/c1-3-5-13-6-8-14(9-7-13)16(17-4-2)15-10-11-18-19-12-15/h6-12,16-17H,3-5H2,1-2H3. The van der Waals surface area contributed by atoms with Gasteiger partial charge in [-0.15, -0.1) is 0 Å². The van der Waals surface area contributed by atoms with Gasteiger partial charge in [-0.25, -0.2) is 0 Å². The lowest BCUT2D eigenvalue weighted by Gasteiger charge is -2.18. The molecule has 0 saturated heterocycles. The van der Waals surface area contributed by atoms with E-state index in [0.717, 1.165) is 18.5 Å². The molecule has 2 rings (SSSR count). The van der Waals surface area contributed by atoms with Crippen LogP contribution in [0.2, 0.25) is 0 Å². The van der Waals surface area contributed by atoms with Crippen molar-refractivity contribution < 1.29 is 0 Å². The third kappa shape index (κ3) is 3.61. The number of aromatic nitrogens is 2. The van der Waals surface area contributed by atoms with Crippen LogP contribution in [0.5, 0.6) is 0 Å². The highest BCUT2D eigenvalue weighted by atomic mass is 15.1. The molecule has 1 unspecified atom stereocenters. The van der Waals surface area contributed by atoms with E-state index >= 15 is 0 Å². The second-order valence-corrected chi connectivity index (χ2v) is 4.66. The Bertz CT molecular complexity index is 479. The quantitative estimate of drug-likeness (QED) is 0.861. The van der Waals surface area contributed by atoms with Crippen LogP contribution in [0.4, 0.5) is 0 Å². The Hall–Kier alpha value is -1.74. The van der Waals surface area contributed by atoms with E-state index in [1.54, 1.807) is 6.20 Å². The number of benzene rings is 1. The van der Waals surface area contributed by atoms with E-state index in [2.05, 4.69) is 53.6 Å². The van der Waals surface area contributed by atoms with Gasteiger partial charge in [-0.2, -0.15) is 10.2 Å². The Morgan fingerprint density at radius 1 is 1.00 bits per heavy atom. The average Bonchev–Trinajstić information content (AvgIpc) is 2.47. The molecule has 0 fully saturated rings. The summed E-state index contributed by atoms with van der Waals surface area (Å²) >= 11 is 0. The molecule has 0 bridgehead atoms. The highest BCUT2D eigenvalue weighted by Gasteiger charge is 2.12. The Kier molecular flexibility index (Phi) is 5.04. The summed E-state index contributed by atoms with van der Waals surface area (Å²) in [6.07, 6.45) is 5.89. The third-order valence-electron chi connectivity index (χ3n) is 3.20. The lowest BCUT2D eigenvalue weighted by atomic mass is 9.98. The van der Waals surface area contributed by atoms with Gasteiger partial charge in [0.25, 0.3) is 0 Å². The molecule has 0 saturated carbocycles. The maximum Gasteiger partial charge on any atom is 0.0593 e. The molecule has 100 valence electrons. The van der Waals surface area contributed by atoms with Crippen LogP contribution in [0.25, 0.3) is 0 Å². The van der Waals surface area contributed by atoms with Gasteiger partial charge in [0.2, 0.25) is 0 Å². The molecule has 1 atom stereocenters. The van der Waals surface area contributed by atoms with E-state index in [1.807, 2.05) is 12.3 Å². The number of nitrogens with zero attached hydrogens (tertiary/aromatic N) is 2. The van der Waals surface area contributed by atoms with Crippen LogP contribution in [0.1, 0.15) is 43.0 Å². The molecule has 3 heteroatoms. The van der Waals surface area contributed by atoms with E-state index in [9.17, 15) is 0 Å². The number of hydrogen-bond donors (Lipinski definition) is 1. The summed E-state index contributed by atoms with van der Waals surface area (Å²) in [5, 5.41) is 11.3. The van der Waals surface area contributed by atoms with Crippen LogP contribution in [-0.2, 0) is 6.42 Å². The first-order chi connectivity index (χ1) is 9.35. The predicted octanol–water partition coefficient (Wildman–Crippen LogP) is 3.13. The fraction of sp³-hybridized carbons (Fsp3) is 0.375. The number of rotatable bonds is 6. The molecule has 0 aliphatic rings. The Labute approximate surface area is 115 Å². The van der Waals surface area contributed by atoms with Crippen molar-refractivity contribution in [3.05, 3.63) is 59.4 Å². The smallest absolute Gasteiger partial charge is 0.0593 e. The van der Waals surface area contributed by atoms with E-state index in [4.69, 9.17) is 0 Å². The minimum Gasteiger partial charge on any atom is -0.306 e. The fourth-order valence-corrected chi connectivity index (χ4v) is 2.27. The normalized spacial score (nSPS) is 12.3. The number of aryl methyl sites for hydroxylation is 1. The Morgan fingerprint density at radius 2 is 1.79 bits per heavy atom. The van der Waals surface area contributed by atoms with Crippen LogP contribution in [0, 0.1) is 0 Å². The second kappa shape index (κ2) is 7.00. The van der Waals surface area contributed by atoms with Gasteiger partial charge in [0, 0.05) is 6.20 Å². The average molecular weight is 255 g/mol. The molecule has 0 aliphatic carbocycles. The highest BCUT2D eigenvalue weighted by Crippen LogP contribution is 2.21. The molecular formula is C16H21N3. The lowest BCUT2D eigenvalue weighted by molar-refractivity contribution is 0.626. The van der Waals surface area contributed by atoms with Gasteiger partial charge >= 0.3 is 0 Å². The zero-order chi connectivity index (χ0) is 13.5. The van der Waals surface area contributed by atoms with Crippen molar-refractivity contribution in [2.75, 3.05) is 6.54 Å². The summed E-state index contributed by atoms with van der Waals surface area (Å²) in [6, 6.07) is 11.1. The van der Waals surface area contributed by atoms with Crippen molar-refractivity contribution in [2.45, 2.75) is 32.7 Å². The Balaban J connectivity index is 2.24. The summed E-state index contributed by atoms with van der Waals surface area (Å²) in [5.74, 6) is 0. The maximum atomic E-state index is 3.97. The summed E-state index contributed by atoms with van der Waals surface area (Å²) < 4.78 is 0. The minimum absolute atomic E-state index is 0.191. The molecule has 1 heterocycles. The largest absolute Gasteiger partial charge is 0.306 e. The topological polar surface area (TPSA) is 37.8 Å². The van der Waals surface area contributed by atoms with Crippen LogP contribution in [-0.4, -0.2) is 16.7 Å². The van der Waals surface area contributed by atoms with Gasteiger partial charge in [0.05, 0.1) is 12.2 Å². The van der Waals surface area contributed by atoms with Gasteiger partial charge < -0.3 is 5.32 Å². The summed E-state index contributed by atoms with van der Waals surface area (Å²) in [6.45, 7) is 5.24. The highest BCUT2D eigenvalue weighted by molar-refractivity contribution is 5.32. The van der Waals surface area contributed by atoms with Crippen LogP contribution in [0.15, 0.2) is 42.7 Å². The SMILES string of the molecule is CCCc1ccc(C(NCC)c2ccnnc2)cc1. The van der Waals surface area contributed by atoms with Gasteiger partial charge in [0.1, 0.15) is 0 Å². The van der Waals surface area contributed by atoms with Crippen molar-refractivity contribution in [1.82, 2.24) is 15.5 Å². The van der Waals surface area contributed by atoms with Gasteiger partial charge in [0.15, 0.2) is 0 Å². The fourth-order valence-electron chi connectivity index (χ4n) is 2.27. The van der Waals surface area contributed by atoms with E-state index < -0.39 is 0 Å². The predicted molar refractivity (Wildman–Crippen MR) is 78.0 cm³/mol. The second-order valence-electron chi connectivity index (χ2n) is 4.66. The van der Waals surface area contributed by atoms with Gasteiger partial charge in [-0.05, 0) is 35.7 Å². The van der Waals surface area contributed by atoms with Gasteiger partial charge in [-0.3, -0.25) is 0 Å². The van der Waals surface area contributed by atoms with Crippen LogP contribution < -0.4 is 5.32 Å². The third-order valence-corrected chi connectivity index (χ3v) is 3.20. The molecule has 3 nitrogen and oxygen atoms in total. The molecule has 0 amide bonds. The van der Waals surface area contributed by atoms with Crippen molar-refractivity contribution in [2.24, 2.45) is 0 Å². The van der Waals surface area contributed by atoms with Crippen molar-refractivity contribution in [3.63, 3.8) is 0 Å². The number of nitrogens with one attached hydrogen (secondary N) is 1. The van der Waals surface area contributed by atoms with Crippen LogP contribution in [0.3, 0.4) is 0 Å². The van der Waals surface area contributed by atoms with Crippen LogP contribution >= 0.6 is 0 Å². The molecule has 0 aliphatic heterocycles. The molecule has 2 aromatic rings. The maximum absolute atomic E-state index is 3.97. The van der Waals surface area contributed by atoms with Gasteiger partial charge in [-0.1, -0.05) is 44.5 Å². The van der Waals surface area contributed by atoms with Crippen molar-refractivity contribution in [1.29, 1.82) is 0 Å². The molecule has 1 aromatic heterocycles. The van der Waals surface area contributed by atoms with Crippen molar-refractivity contribution >= 4 is 0 Å². The molecular weight excluding hydrogens is 234 g/mol. The van der Waals surface area contributed by atoms with E-state index in [-0.39, 0.29) is 6.04 Å². The zero-order valence-corrected chi connectivity index (χ0v) is 11.6. The minimum atomic E-state index is 0.191. The lowest BCUT2D eigenvalue weighted by Crippen LogP contribution is -2.22. The van der Waals surface area contributed by atoms with Crippen molar-refractivity contribution in [3.8, 4) is 0 Å². The molecule has 19 heavy (non-hydrogen) atoms. The first kappa shape index (κ1) is 13.7. The first-order valence-corrected chi connectivity index (χ1v) is 6.94. The summed E-state index contributed by atoms with van der Waals surface area (Å²) in [7, 11) is 0. The Morgan fingerprint density at radius 3 is 2.37 bits per heavy atom. The first-order valence-electron chi connectivity index (χ1n) is 6.94. The molecule has 1 N–H and O–H groups in total. The molecule has 0 spiro atoms. The monoisotopic (exact) mass is 255 g/mol. The molecule has 0 radical (unpaired) electrons.